The van der Waals surface area contributed by atoms with E-state index in [1.807, 2.05) is 11.9 Å². The Hall–Kier alpha value is -2.01. The molecular weight excluding hydrogens is 424 g/mol. The first-order valence-electron chi connectivity index (χ1n) is 11.9. The molecule has 2 amide bonds. The molecule has 4 aliphatic rings. The van der Waals surface area contributed by atoms with Gasteiger partial charge in [-0.3, -0.25) is 4.79 Å². The molecule has 6 heteroatoms. The summed E-state index contributed by atoms with van der Waals surface area (Å²) < 4.78 is 5.52. The Morgan fingerprint density at radius 2 is 1.84 bits per heavy atom. The number of halogens is 1. The van der Waals surface area contributed by atoms with Gasteiger partial charge in [0.05, 0.1) is 0 Å². The molecule has 1 aromatic rings. The average molecular weight is 457 g/mol. The van der Waals surface area contributed by atoms with Crippen LogP contribution in [0.25, 0.3) is 0 Å². The second kappa shape index (κ2) is 7.79. The second-order valence-electron chi connectivity index (χ2n) is 10.8. The highest BCUT2D eigenvalue weighted by Gasteiger charge is 2.60. The number of likely N-dealkylation sites (N-methyl/N-ethyl adjacent to an activating group) is 1. The van der Waals surface area contributed by atoms with Gasteiger partial charge in [0, 0.05) is 29.6 Å². The zero-order valence-corrected chi connectivity index (χ0v) is 19.9. The molecule has 3 aliphatic carbocycles. The number of amides is 2. The van der Waals surface area contributed by atoms with Crippen molar-refractivity contribution in [3.05, 3.63) is 41.4 Å². The van der Waals surface area contributed by atoms with Gasteiger partial charge in [0.15, 0.2) is 0 Å². The van der Waals surface area contributed by atoms with Gasteiger partial charge < -0.3 is 15.0 Å². The number of hydrogen-bond acceptors (Lipinski definition) is 3. The van der Waals surface area contributed by atoms with Gasteiger partial charge in [-0.05, 0) is 92.0 Å². The Labute approximate surface area is 195 Å². The molecule has 3 fully saturated rings. The SMILES string of the molecule is CN1C(=O)C=C[C@]2(C)[C@H]3CC[C@]4(C)[C@@H](NC(=O)Oc5ccc(Cl)cc5)CC[C@H]4[C@@H]3CC[C@@H]12. The molecule has 0 bridgehead atoms. The zero-order chi connectivity index (χ0) is 22.7. The van der Waals surface area contributed by atoms with Crippen LogP contribution in [-0.2, 0) is 4.79 Å². The van der Waals surface area contributed by atoms with Crippen LogP contribution in [0, 0.1) is 28.6 Å². The third-order valence-electron chi connectivity index (χ3n) is 9.44. The normalized spacial score (nSPS) is 40.3. The van der Waals surface area contributed by atoms with E-state index in [1.54, 1.807) is 30.3 Å². The molecule has 0 unspecified atom stereocenters. The quantitative estimate of drug-likeness (QED) is 0.644. The van der Waals surface area contributed by atoms with Crippen LogP contribution in [0.15, 0.2) is 36.4 Å². The number of rotatable bonds is 2. The minimum Gasteiger partial charge on any atom is -0.410 e. The Morgan fingerprint density at radius 1 is 1.09 bits per heavy atom. The number of carbonyl (C=O) groups is 2. The number of nitrogens with one attached hydrogen (secondary N) is 1. The standard InChI is InChI=1S/C26H33ClN2O3/c1-25-14-12-20-18(8-11-22-26(20,2)15-13-23(30)29(22)3)19(25)9-10-21(25)28-24(31)32-17-6-4-16(27)5-7-17/h4-7,13,15,18-22H,8-12,14H2,1-3H3,(H,28,31)/t18-,19-,20-,21-,22+,25-,26+/m0/s1. The fourth-order valence-electron chi connectivity index (χ4n) is 7.76. The lowest BCUT2D eigenvalue weighted by molar-refractivity contribution is -0.138. The summed E-state index contributed by atoms with van der Waals surface area (Å²) in [6, 6.07) is 7.30. The van der Waals surface area contributed by atoms with Crippen molar-refractivity contribution < 1.29 is 14.3 Å². The van der Waals surface area contributed by atoms with E-state index in [0.29, 0.717) is 34.6 Å². The Bertz CT molecular complexity index is 947. The van der Waals surface area contributed by atoms with Crippen LogP contribution in [0.2, 0.25) is 5.02 Å². The van der Waals surface area contributed by atoms with Crippen molar-refractivity contribution in [2.75, 3.05) is 7.05 Å². The summed E-state index contributed by atoms with van der Waals surface area (Å²) in [4.78, 5) is 26.9. The highest BCUT2D eigenvalue weighted by Crippen LogP contribution is 2.63. The van der Waals surface area contributed by atoms with Gasteiger partial charge in [0.1, 0.15) is 5.75 Å². The van der Waals surface area contributed by atoms with Crippen LogP contribution in [0.5, 0.6) is 5.75 Å². The Morgan fingerprint density at radius 3 is 2.59 bits per heavy atom. The summed E-state index contributed by atoms with van der Waals surface area (Å²) in [6.45, 7) is 4.74. The molecule has 1 aromatic carbocycles. The van der Waals surface area contributed by atoms with Gasteiger partial charge in [0.25, 0.3) is 0 Å². The minimum absolute atomic E-state index is 0.0476. The zero-order valence-electron chi connectivity index (χ0n) is 19.1. The van der Waals surface area contributed by atoms with E-state index >= 15 is 0 Å². The summed E-state index contributed by atoms with van der Waals surface area (Å²) >= 11 is 5.92. The molecule has 5 nitrogen and oxygen atoms in total. The average Bonchev–Trinajstić information content (AvgIpc) is 3.09. The third-order valence-corrected chi connectivity index (χ3v) is 9.70. The fourth-order valence-corrected chi connectivity index (χ4v) is 7.88. The van der Waals surface area contributed by atoms with E-state index in [9.17, 15) is 9.59 Å². The smallest absolute Gasteiger partial charge is 0.410 e. The number of fused-ring (bicyclic) bond motifs is 5. The first-order valence-corrected chi connectivity index (χ1v) is 12.3. The molecular formula is C26H33ClN2O3. The van der Waals surface area contributed by atoms with Crippen LogP contribution in [0.1, 0.15) is 52.4 Å². The van der Waals surface area contributed by atoms with Gasteiger partial charge in [0.2, 0.25) is 5.91 Å². The van der Waals surface area contributed by atoms with Crippen LogP contribution in [0.3, 0.4) is 0 Å². The summed E-state index contributed by atoms with van der Waals surface area (Å²) in [5, 5.41) is 3.81. The molecule has 7 atom stereocenters. The molecule has 1 aliphatic heterocycles. The largest absolute Gasteiger partial charge is 0.412 e. The lowest BCUT2D eigenvalue weighted by Gasteiger charge is -2.60. The number of carbonyl (C=O) groups excluding carboxylic acids is 2. The molecule has 3 saturated carbocycles. The molecule has 32 heavy (non-hydrogen) atoms. The minimum atomic E-state index is -0.382. The Balaban J connectivity index is 1.31. The maximum Gasteiger partial charge on any atom is 0.412 e. The molecule has 172 valence electrons. The highest BCUT2D eigenvalue weighted by atomic mass is 35.5. The monoisotopic (exact) mass is 456 g/mol. The number of nitrogens with zero attached hydrogens (tertiary/aromatic N) is 1. The van der Waals surface area contributed by atoms with Crippen molar-refractivity contribution in [2.45, 2.75) is 64.5 Å². The van der Waals surface area contributed by atoms with E-state index < -0.39 is 0 Å². The first-order chi connectivity index (χ1) is 15.2. The summed E-state index contributed by atoms with van der Waals surface area (Å²) in [5.74, 6) is 2.46. The molecule has 0 saturated heterocycles. The van der Waals surface area contributed by atoms with Crippen molar-refractivity contribution in [1.82, 2.24) is 10.2 Å². The maximum atomic E-state index is 12.6. The molecule has 0 spiro atoms. The fraction of sp³-hybridized carbons (Fsp3) is 0.615. The van der Waals surface area contributed by atoms with E-state index in [1.165, 1.54) is 6.42 Å². The topological polar surface area (TPSA) is 58.6 Å². The molecule has 1 heterocycles. The summed E-state index contributed by atoms with van der Waals surface area (Å²) in [6.07, 6.45) is 10.2. The molecule has 0 radical (unpaired) electrons. The lowest BCUT2D eigenvalue weighted by atomic mass is 9.48. The molecule has 0 aromatic heterocycles. The number of ether oxygens (including phenoxy) is 1. The second-order valence-corrected chi connectivity index (χ2v) is 11.2. The third kappa shape index (κ3) is 3.35. The van der Waals surface area contributed by atoms with Crippen LogP contribution >= 0.6 is 11.6 Å². The van der Waals surface area contributed by atoms with Crippen molar-refractivity contribution in [3.8, 4) is 5.75 Å². The van der Waals surface area contributed by atoms with Gasteiger partial charge in [-0.15, -0.1) is 0 Å². The highest BCUT2D eigenvalue weighted by molar-refractivity contribution is 6.30. The van der Waals surface area contributed by atoms with Crippen LogP contribution < -0.4 is 10.1 Å². The van der Waals surface area contributed by atoms with Gasteiger partial charge in [-0.1, -0.05) is 31.5 Å². The van der Waals surface area contributed by atoms with Crippen LogP contribution in [0.4, 0.5) is 4.79 Å². The van der Waals surface area contributed by atoms with E-state index in [2.05, 4.69) is 25.2 Å². The van der Waals surface area contributed by atoms with Crippen LogP contribution in [-0.4, -0.2) is 36.0 Å². The van der Waals surface area contributed by atoms with E-state index in [-0.39, 0.29) is 28.9 Å². The van der Waals surface area contributed by atoms with E-state index in [0.717, 1.165) is 32.1 Å². The van der Waals surface area contributed by atoms with Gasteiger partial charge in [-0.25, -0.2) is 4.79 Å². The van der Waals surface area contributed by atoms with Gasteiger partial charge >= 0.3 is 6.09 Å². The number of benzene rings is 1. The Kier molecular flexibility index (Phi) is 5.31. The predicted octanol–water partition coefficient (Wildman–Crippen LogP) is 5.44. The molecule has 5 rings (SSSR count). The van der Waals surface area contributed by atoms with Crippen molar-refractivity contribution in [1.29, 1.82) is 0 Å². The molecule has 1 N–H and O–H groups in total. The summed E-state index contributed by atoms with van der Waals surface area (Å²) in [5.41, 5.74) is 0.134. The number of hydrogen-bond donors (Lipinski definition) is 1. The van der Waals surface area contributed by atoms with Crippen molar-refractivity contribution in [3.63, 3.8) is 0 Å². The first kappa shape index (κ1) is 21.8. The maximum absolute atomic E-state index is 12.6. The van der Waals surface area contributed by atoms with E-state index in [4.69, 9.17) is 16.3 Å². The summed E-state index contributed by atoms with van der Waals surface area (Å²) in [7, 11) is 1.96. The predicted molar refractivity (Wildman–Crippen MR) is 124 cm³/mol. The van der Waals surface area contributed by atoms with Crippen molar-refractivity contribution in [2.24, 2.45) is 28.6 Å². The van der Waals surface area contributed by atoms with Crippen molar-refractivity contribution >= 4 is 23.6 Å². The van der Waals surface area contributed by atoms with Gasteiger partial charge in [-0.2, -0.15) is 0 Å². The lowest BCUT2D eigenvalue weighted by Crippen LogP contribution is -2.60.